The largest absolute Gasteiger partial charge is 0.482 e. The van der Waals surface area contributed by atoms with Crippen molar-refractivity contribution in [3.63, 3.8) is 0 Å². The van der Waals surface area contributed by atoms with E-state index in [1.807, 2.05) is 31.3 Å². The zero-order chi connectivity index (χ0) is 42.4. The molecule has 0 bridgehead atoms. The molecule has 5 aromatic rings. The molecule has 15 nitrogen and oxygen atoms in total. The van der Waals surface area contributed by atoms with Crippen LogP contribution in [0.15, 0.2) is 61.1 Å². The summed E-state index contributed by atoms with van der Waals surface area (Å²) in [6.45, 7) is 10.2. The van der Waals surface area contributed by atoms with Gasteiger partial charge in [0.25, 0.3) is 5.91 Å². The number of nitrogens with one attached hydrogen (secondary N) is 1. The molecular weight excluding hydrogens is 778 g/mol. The Balaban J connectivity index is 0.777. The van der Waals surface area contributed by atoms with Crippen molar-refractivity contribution < 1.29 is 23.5 Å². The highest BCUT2D eigenvalue weighted by atomic mass is 19.1. The third kappa shape index (κ3) is 8.32. The third-order valence-electron chi connectivity index (χ3n) is 12.9. The molecule has 0 radical (unpaired) electrons. The second-order valence-corrected chi connectivity index (χ2v) is 17.1. The molecule has 318 valence electrons. The van der Waals surface area contributed by atoms with Gasteiger partial charge in [-0.2, -0.15) is 20.1 Å². The average Bonchev–Trinajstić information content (AvgIpc) is 3.95. The highest BCUT2D eigenvalue weighted by Gasteiger charge is 2.39. The Bertz CT molecular complexity index is 2470. The first-order chi connectivity index (χ1) is 29.5. The molecular formula is C45H52FN11O4. The Hall–Kier alpha value is -6.16. The Labute approximate surface area is 354 Å². The van der Waals surface area contributed by atoms with Gasteiger partial charge in [-0.25, -0.2) is 9.37 Å². The number of hydrogen-bond donors (Lipinski definition) is 2. The minimum absolute atomic E-state index is 0.137. The number of likely N-dealkylation sites (tertiary alicyclic amines) is 1. The molecule has 1 unspecified atom stereocenters. The van der Waals surface area contributed by atoms with Gasteiger partial charge in [0.05, 0.1) is 18.1 Å². The third-order valence-corrected chi connectivity index (χ3v) is 12.9. The van der Waals surface area contributed by atoms with Gasteiger partial charge in [-0.1, -0.05) is 0 Å². The fourth-order valence-corrected chi connectivity index (χ4v) is 9.59. The number of piperidine rings is 3. The minimum Gasteiger partial charge on any atom is -0.482 e. The highest BCUT2D eigenvalue weighted by Crippen LogP contribution is 2.37. The Morgan fingerprint density at radius 1 is 0.902 bits per heavy atom. The number of aromatic nitrogens is 6. The standard InChI is InChI=1S/C45H52FN11O4/c1-27-21-50-57(42(27)31-19-40(43(47)48-22-31)61-28(2)37-20-33(46)4-6-36(37)38-23-49-53(3)52-38)25-30-10-14-54(15-11-30)24-29-12-16-55(17-13-29)34-5-7-35-32(18-34)26-56(45(35)60)39-8-9-41(58)51-44(39)59/h4-7,18-23,28-30,39H,8-17,24-26H2,1-3H3,(H2,47,48)(H,51,58,59)/t28-,39?/m1/s1. The normalized spacial score (nSPS) is 19.7. The fraction of sp³-hybridized carbons (Fsp3) is 0.444. The molecule has 3 amide bonds. The monoisotopic (exact) mass is 829 g/mol. The summed E-state index contributed by atoms with van der Waals surface area (Å²) in [4.78, 5) is 50.0. The van der Waals surface area contributed by atoms with Crippen LogP contribution in [0.1, 0.15) is 78.6 Å². The van der Waals surface area contributed by atoms with E-state index in [0.717, 1.165) is 98.6 Å². The molecule has 9 rings (SSSR count). The lowest BCUT2D eigenvalue weighted by molar-refractivity contribution is -0.136. The number of pyridine rings is 1. The van der Waals surface area contributed by atoms with Gasteiger partial charge in [-0.3, -0.25) is 24.4 Å². The maximum atomic E-state index is 14.5. The van der Waals surface area contributed by atoms with Gasteiger partial charge in [0.1, 0.15) is 23.7 Å². The van der Waals surface area contributed by atoms with E-state index < -0.39 is 12.1 Å². The number of nitrogens with two attached hydrogens (primary N) is 1. The van der Waals surface area contributed by atoms with Crippen molar-refractivity contribution in [3.8, 4) is 28.3 Å². The summed E-state index contributed by atoms with van der Waals surface area (Å²) < 4.78 is 23.0. The molecule has 16 heteroatoms. The van der Waals surface area contributed by atoms with E-state index in [2.05, 4.69) is 48.0 Å². The molecule has 0 saturated carbocycles. The molecule has 0 aliphatic carbocycles. The Kier molecular flexibility index (Phi) is 11.0. The predicted molar refractivity (Wildman–Crippen MR) is 227 cm³/mol. The van der Waals surface area contributed by atoms with Gasteiger partial charge in [0, 0.05) is 80.3 Å². The molecule has 4 aliphatic heterocycles. The molecule has 3 aromatic heterocycles. The van der Waals surface area contributed by atoms with Crippen molar-refractivity contribution >= 4 is 29.2 Å². The van der Waals surface area contributed by atoms with Crippen LogP contribution in [0.5, 0.6) is 5.75 Å². The minimum atomic E-state index is -0.604. The molecule has 4 aliphatic rings. The number of benzene rings is 2. The number of anilines is 2. The van der Waals surface area contributed by atoms with Crippen molar-refractivity contribution in [2.24, 2.45) is 18.9 Å². The summed E-state index contributed by atoms with van der Waals surface area (Å²) >= 11 is 0. The summed E-state index contributed by atoms with van der Waals surface area (Å²) in [7, 11) is 1.74. The smallest absolute Gasteiger partial charge is 0.255 e. The number of carbonyl (C=O) groups excluding carboxylic acids is 3. The summed E-state index contributed by atoms with van der Waals surface area (Å²) in [5, 5.41) is 15.8. The van der Waals surface area contributed by atoms with E-state index in [4.69, 9.17) is 15.6 Å². The SMILES string of the molecule is Cc1cnn(CC2CCN(CC3CCN(c4ccc5c(c4)CN(C4CCC(=O)NC4=O)C5=O)CC3)CC2)c1-c1cnc(N)c(O[C@H](C)c2cc(F)ccc2-c2cnn(C)n2)c1. The second kappa shape index (κ2) is 16.7. The van der Waals surface area contributed by atoms with Gasteiger partial charge in [0.15, 0.2) is 11.6 Å². The van der Waals surface area contributed by atoms with Gasteiger partial charge >= 0.3 is 0 Å². The molecule has 61 heavy (non-hydrogen) atoms. The van der Waals surface area contributed by atoms with Crippen molar-refractivity contribution in [3.05, 3.63) is 89.1 Å². The van der Waals surface area contributed by atoms with Gasteiger partial charge in [-0.05, 0) is 124 Å². The van der Waals surface area contributed by atoms with Crippen LogP contribution < -0.4 is 20.7 Å². The van der Waals surface area contributed by atoms with Crippen molar-refractivity contribution in [1.29, 1.82) is 0 Å². The number of imide groups is 1. The number of halogens is 1. The highest BCUT2D eigenvalue weighted by molar-refractivity contribution is 6.05. The van der Waals surface area contributed by atoms with E-state index in [1.165, 1.54) is 16.9 Å². The number of rotatable bonds is 11. The maximum absolute atomic E-state index is 14.5. The molecule has 7 heterocycles. The Morgan fingerprint density at radius 2 is 1.66 bits per heavy atom. The lowest BCUT2D eigenvalue weighted by Gasteiger charge is -2.38. The number of ether oxygens (including phenoxy) is 1. The fourth-order valence-electron chi connectivity index (χ4n) is 9.59. The quantitative estimate of drug-likeness (QED) is 0.166. The first kappa shape index (κ1) is 40.3. The van der Waals surface area contributed by atoms with Crippen molar-refractivity contribution in [2.45, 2.75) is 77.6 Å². The van der Waals surface area contributed by atoms with Crippen LogP contribution in [0, 0.1) is 24.6 Å². The van der Waals surface area contributed by atoms with E-state index in [1.54, 1.807) is 30.4 Å². The lowest BCUT2D eigenvalue weighted by atomic mass is 9.92. The van der Waals surface area contributed by atoms with E-state index >= 15 is 0 Å². The number of hydrogen-bond acceptors (Lipinski definition) is 11. The number of fused-ring (bicyclic) bond motifs is 1. The Morgan fingerprint density at radius 3 is 2.41 bits per heavy atom. The number of nitrogens with zero attached hydrogens (tertiary/aromatic N) is 9. The predicted octanol–water partition coefficient (Wildman–Crippen LogP) is 5.30. The topological polar surface area (TPSA) is 170 Å². The van der Waals surface area contributed by atoms with Crippen LogP contribution >= 0.6 is 0 Å². The van der Waals surface area contributed by atoms with Crippen LogP contribution in [0.2, 0.25) is 0 Å². The zero-order valence-corrected chi connectivity index (χ0v) is 34.9. The second-order valence-electron chi connectivity index (χ2n) is 17.1. The maximum Gasteiger partial charge on any atom is 0.255 e. The summed E-state index contributed by atoms with van der Waals surface area (Å²) in [6, 6.07) is 11.9. The lowest BCUT2D eigenvalue weighted by Crippen LogP contribution is -2.52. The molecule has 3 saturated heterocycles. The van der Waals surface area contributed by atoms with Gasteiger partial charge in [-0.15, -0.1) is 0 Å². The van der Waals surface area contributed by atoms with E-state index in [-0.39, 0.29) is 35.8 Å². The summed E-state index contributed by atoms with van der Waals surface area (Å²) in [5.74, 6) is 0.595. The van der Waals surface area contributed by atoms with Crippen LogP contribution in [0.4, 0.5) is 15.9 Å². The van der Waals surface area contributed by atoms with Gasteiger partial charge < -0.3 is 25.2 Å². The van der Waals surface area contributed by atoms with Gasteiger partial charge in [0.2, 0.25) is 11.8 Å². The molecule has 2 atom stereocenters. The first-order valence-corrected chi connectivity index (χ1v) is 21.3. The summed E-state index contributed by atoms with van der Waals surface area (Å²) in [6.07, 6.45) is 9.76. The molecule has 3 fully saturated rings. The van der Waals surface area contributed by atoms with Crippen LogP contribution in [-0.2, 0) is 29.7 Å². The number of carbonyl (C=O) groups is 3. The zero-order valence-electron chi connectivity index (χ0n) is 34.9. The number of aryl methyl sites for hydroxylation is 2. The molecule has 2 aromatic carbocycles. The van der Waals surface area contributed by atoms with Crippen molar-refractivity contribution in [1.82, 2.24) is 44.9 Å². The van der Waals surface area contributed by atoms with Crippen LogP contribution in [0.25, 0.3) is 22.5 Å². The summed E-state index contributed by atoms with van der Waals surface area (Å²) in [5.41, 5.74) is 13.9. The van der Waals surface area contributed by atoms with Crippen LogP contribution in [0.3, 0.4) is 0 Å². The van der Waals surface area contributed by atoms with E-state index in [0.29, 0.717) is 47.4 Å². The van der Waals surface area contributed by atoms with E-state index in [9.17, 15) is 18.8 Å². The number of nitrogen functional groups attached to an aromatic ring is 1. The molecule has 0 spiro atoms. The van der Waals surface area contributed by atoms with Crippen LogP contribution in [-0.4, -0.2) is 96.0 Å². The average molecular weight is 830 g/mol. The molecule has 3 N–H and O–H groups in total. The number of amides is 3. The van der Waals surface area contributed by atoms with Crippen molar-refractivity contribution in [2.75, 3.05) is 43.4 Å². The first-order valence-electron chi connectivity index (χ1n) is 21.3.